The lowest BCUT2D eigenvalue weighted by atomic mass is 10.1. The Kier molecular flexibility index (Phi) is 7.01. The lowest BCUT2D eigenvalue weighted by molar-refractivity contribution is -0.119. The van der Waals surface area contributed by atoms with Crippen LogP contribution in [-0.4, -0.2) is 59.0 Å². The average Bonchev–Trinajstić information content (AvgIpc) is 3.27. The number of hydrogen-bond donors (Lipinski definition) is 1. The predicted octanol–water partition coefficient (Wildman–Crippen LogP) is 1.98. The Bertz CT molecular complexity index is 1250. The number of anilines is 1. The maximum absolute atomic E-state index is 12.7. The van der Waals surface area contributed by atoms with Gasteiger partial charge in [-0.15, -0.1) is 0 Å². The smallest absolute Gasteiger partial charge is 0.338 e. The van der Waals surface area contributed by atoms with Gasteiger partial charge in [0.25, 0.3) is 5.91 Å². The summed E-state index contributed by atoms with van der Waals surface area (Å²) in [6.45, 7) is 1.93. The number of carbonyl (C=O) groups is 2. The third kappa shape index (κ3) is 5.53. The highest BCUT2D eigenvalue weighted by molar-refractivity contribution is 7.90. The minimum absolute atomic E-state index is 0.0319. The van der Waals surface area contributed by atoms with Crippen molar-refractivity contribution >= 4 is 37.4 Å². The van der Waals surface area contributed by atoms with Crippen LogP contribution in [-0.2, 0) is 29.4 Å². The molecule has 1 heterocycles. The van der Waals surface area contributed by atoms with Crippen LogP contribution in [0.4, 0.5) is 5.69 Å². The van der Waals surface area contributed by atoms with Gasteiger partial charge in [0, 0.05) is 25.0 Å². The molecule has 3 rings (SSSR count). The van der Waals surface area contributed by atoms with Gasteiger partial charge in [0.15, 0.2) is 16.4 Å². The molecule has 0 aromatic heterocycles. The second kappa shape index (κ2) is 9.39. The molecule has 0 radical (unpaired) electrons. The fraction of sp³-hybridized carbons (Fsp3) is 0.333. The molecule has 0 atom stereocenters. The molecule has 1 aliphatic rings. The average molecular weight is 481 g/mol. The Balaban J connectivity index is 1.65. The van der Waals surface area contributed by atoms with Gasteiger partial charge in [-0.05, 0) is 55.7 Å². The molecule has 2 aromatic rings. The summed E-state index contributed by atoms with van der Waals surface area (Å²) in [6.07, 6.45) is 2.65. The Morgan fingerprint density at radius 1 is 1.00 bits per heavy atom. The normalized spacial score (nSPS) is 14.8. The molecule has 0 spiro atoms. The molecule has 11 heteroatoms. The summed E-state index contributed by atoms with van der Waals surface area (Å²) in [7, 11) is -7.14. The molecule has 2 aromatic carbocycles. The van der Waals surface area contributed by atoms with Gasteiger partial charge in [0.05, 0.1) is 15.4 Å². The summed E-state index contributed by atoms with van der Waals surface area (Å²) < 4.78 is 55.2. The molecule has 9 nitrogen and oxygen atoms in total. The number of ether oxygens (including phenoxy) is 1. The van der Waals surface area contributed by atoms with Crippen molar-refractivity contribution in [3.63, 3.8) is 0 Å². The summed E-state index contributed by atoms with van der Waals surface area (Å²) in [5, 5.41) is 2.51. The van der Waals surface area contributed by atoms with E-state index in [0.717, 1.165) is 19.1 Å². The van der Waals surface area contributed by atoms with Crippen LogP contribution in [0.1, 0.15) is 28.8 Å². The van der Waals surface area contributed by atoms with Gasteiger partial charge in [-0.3, -0.25) is 4.79 Å². The van der Waals surface area contributed by atoms with Gasteiger partial charge in [0.2, 0.25) is 10.0 Å². The first-order valence-electron chi connectivity index (χ1n) is 9.86. The minimum Gasteiger partial charge on any atom is -0.452 e. The lowest BCUT2D eigenvalue weighted by Gasteiger charge is -2.16. The second-order valence-electron chi connectivity index (χ2n) is 7.51. The summed E-state index contributed by atoms with van der Waals surface area (Å²) in [4.78, 5) is 24.6. The van der Waals surface area contributed by atoms with Gasteiger partial charge in [-0.25, -0.2) is 21.6 Å². The first-order chi connectivity index (χ1) is 15.0. The van der Waals surface area contributed by atoms with Gasteiger partial charge in [0.1, 0.15) is 0 Å². The van der Waals surface area contributed by atoms with Crippen LogP contribution >= 0.6 is 0 Å². The maximum atomic E-state index is 12.7. The van der Waals surface area contributed by atoms with Crippen molar-refractivity contribution in [2.75, 3.05) is 31.3 Å². The van der Waals surface area contributed by atoms with E-state index in [0.29, 0.717) is 18.7 Å². The van der Waals surface area contributed by atoms with Gasteiger partial charge in [-0.2, -0.15) is 4.31 Å². The molecule has 1 N–H and O–H groups in total. The SMILES string of the molecule is Cc1ccc(S(C)(=O)=O)cc1C(=O)OCC(=O)Nc1cccc(S(=O)(=O)N2CCCC2)c1. The molecule has 1 amide bonds. The summed E-state index contributed by atoms with van der Waals surface area (Å²) in [5.41, 5.74) is 0.795. The van der Waals surface area contributed by atoms with Crippen molar-refractivity contribution in [3.8, 4) is 0 Å². The second-order valence-corrected chi connectivity index (χ2v) is 11.5. The number of nitrogens with zero attached hydrogens (tertiary/aromatic N) is 1. The molecule has 1 fully saturated rings. The van der Waals surface area contributed by atoms with Crippen molar-refractivity contribution in [3.05, 3.63) is 53.6 Å². The van der Waals surface area contributed by atoms with Crippen LogP contribution < -0.4 is 5.32 Å². The van der Waals surface area contributed by atoms with Gasteiger partial charge in [-0.1, -0.05) is 12.1 Å². The van der Waals surface area contributed by atoms with E-state index < -0.39 is 38.3 Å². The van der Waals surface area contributed by atoms with Crippen molar-refractivity contribution in [1.82, 2.24) is 4.31 Å². The number of nitrogens with one attached hydrogen (secondary N) is 1. The lowest BCUT2D eigenvalue weighted by Crippen LogP contribution is -2.28. The predicted molar refractivity (Wildman–Crippen MR) is 118 cm³/mol. The first kappa shape index (κ1) is 23.9. The van der Waals surface area contributed by atoms with Crippen LogP contribution in [0.5, 0.6) is 0 Å². The van der Waals surface area contributed by atoms with Gasteiger partial charge >= 0.3 is 5.97 Å². The zero-order valence-corrected chi connectivity index (χ0v) is 19.3. The minimum atomic E-state index is -3.63. The number of rotatable bonds is 7. The Morgan fingerprint density at radius 2 is 1.69 bits per heavy atom. The van der Waals surface area contributed by atoms with Crippen LogP contribution in [0.25, 0.3) is 0 Å². The van der Waals surface area contributed by atoms with E-state index >= 15 is 0 Å². The number of benzene rings is 2. The molecule has 172 valence electrons. The molecule has 0 bridgehead atoms. The summed E-state index contributed by atoms with van der Waals surface area (Å²) in [6, 6.07) is 9.94. The number of hydrogen-bond acceptors (Lipinski definition) is 7. The van der Waals surface area contributed by atoms with E-state index in [4.69, 9.17) is 4.74 Å². The third-order valence-electron chi connectivity index (χ3n) is 5.01. The third-order valence-corrected chi connectivity index (χ3v) is 8.02. The molecule has 0 saturated carbocycles. The zero-order chi connectivity index (χ0) is 23.5. The van der Waals surface area contributed by atoms with Crippen molar-refractivity contribution in [2.45, 2.75) is 29.6 Å². The van der Waals surface area contributed by atoms with E-state index in [2.05, 4.69) is 5.32 Å². The maximum Gasteiger partial charge on any atom is 0.338 e. The fourth-order valence-corrected chi connectivity index (χ4v) is 5.48. The molecule has 0 aliphatic carbocycles. The molecule has 1 saturated heterocycles. The summed E-state index contributed by atoms with van der Waals surface area (Å²) >= 11 is 0. The highest BCUT2D eigenvalue weighted by Crippen LogP contribution is 2.23. The number of sulfone groups is 1. The Morgan fingerprint density at radius 3 is 2.34 bits per heavy atom. The molecular formula is C21H24N2O7S2. The number of sulfonamides is 1. The van der Waals surface area contributed by atoms with E-state index in [1.165, 1.54) is 46.8 Å². The van der Waals surface area contributed by atoms with Crippen molar-refractivity contribution in [2.24, 2.45) is 0 Å². The van der Waals surface area contributed by atoms with E-state index in [1.807, 2.05) is 0 Å². The van der Waals surface area contributed by atoms with Gasteiger partial charge < -0.3 is 10.1 Å². The number of esters is 1. The molecule has 0 unspecified atom stereocenters. The largest absolute Gasteiger partial charge is 0.452 e. The number of carbonyl (C=O) groups excluding carboxylic acids is 2. The van der Waals surface area contributed by atoms with Crippen LogP contribution in [0.3, 0.4) is 0 Å². The standard InChI is InChI=1S/C21H24N2O7S2/c1-15-8-9-17(31(2,26)27)13-19(15)21(25)30-14-20(24)22-16-6-5-7-18(12-16)32(28,29)23-10-3-4-11-23/h5-9,12-13H,3-4,10-11,14H2,1-2H3,(H,22,24). The molecule has 32 heavy (non-hydrogen) atoms. The van der Waals surface area contributed by atoms with E-state index in [-0.39, 0.29) is 21.0 Å². The molecule has 1 aliphatic heterocycles. The van der Waals surface area contributed by atoms with Crippen LogP contribution in [0.2, 0.25) is 0 Å². The topological polar surface area (TPSA) is 127 Å². The monoisotopic (exact) mass is 480 g/mol. The number of aryl methyl sites for hydroxylation is 1. The van der Waals surface area contributed by atoms with E-state index in [1.54, 1.807) is 6.92 Å². The van der Waals surface area contributed by atoms with E-state index in [9.17, 15) is 26.4 Å². The highest BCUT2D eigenvalue weighted by atomic mass is 32.2. The fourth-order valence-electron chi connectivity index (χ4n) is 3.27. The summed E-state index contributed by atoms with van der Waals surface area (Å²) in [5.74, 6) is -1.50. The Hall–Kier alpha value is -2.76. The first-order valence-corrected chi connectivity index (χ1v) is 13.2. The number of amides is 1. The van der Waals surface area contributed by atoms with Crippen molar-refractivity contribution in [1.29, 1.82) is 0 Å². The quantitative estimate of drug-likeness (QED) is 0.600. The Labute approximate surface area is 187 Å². The van der Waals surface area contributed by atoms with Crippen molar-refractivity contribution < 1.29 is 31.2 Å². The van der Waals surface area contributed by atoms with Crippen LogP contribution in [0, 0.1) is 6.92 Å². The highest BCUT2D eigenvalue weighted by Gasteiger charge is 2.27. The van der Waals surface area contributed by atoms with Crippen LogP contribution in [0.15, 0.2) is 52.3 Å². The zero-order valence-electron chi connectivity index (χ0n) is 17.7. The molecular weight excluding hydrogens is 456 g/mol.